The second kappa shape index (κ2) is 5.95. The highest BCUT2D eigenvalue weighted by Gasteiger charge is 2.20. The van der Waals surface area contributed by atoms with Gasteiger partial charge in [0.25, 0.3) is 0 Å². The summed E-state index contributed by atoms with van der Waals surface area (Å²) < 4.78 is 0. The normalized spacial score (nSPS) is 13.8. The Morgan fingerprint density at radius 2 is 2.05 bits per heavy atom. The third-order valence-electron chi connectivity index (χ3n) is 3.92. The number of rotatable bonds is 3. The number of benzene rings is 1. The Bertz CT molecular complexity index is 637. The highest BCUT2D eigenvalue weighted by atomic mass is 16.2. The van der Waals surface area contributed by atoms with E-state index in [0.717, 1.165) is 36.3 Å². The summed E-state index contributed by atoms with van der Waals surface area (Å²) in [6, 6.07) is 11.7. The molecule has 2 heterocycles. The highest BCUT2D eigenvalue weighted by molar-refractivity contribution is 5.76. The average molecular weight is 281 g/mol. The monoisotopic (exact) mass is 281 g/mol. The van der Waals surface area contributed by atoms with E-state index in [1.165, 1.54) is 5.56 Å². The summed E-state index contributed by atoms with van der Waals surface area (Å²) in [6.07, 6.45) is 3.97. The van der Waals surface area contributed by atoms with Gasteiger partial charge in [-0.3, -0.25) is 9.78 Å². The molecule has 3 rings (SSSR count). The molecule has 0 atom stereocenters. The lowest BCUT2D eigenvalue weighted by atomic mass is 10.0. The van der Waals surface area contributed by atoms with Crippen LogP contribution >= 0.6 is 0 Å². The van der Waals surface area contributed by atoms with E-state index in [4.69, 9.17) is 5.73 Å². The average Bonchev–Trinajstić information content (AvgIpc) is 2.53. The summed E-state index contributed by atoms with van der Waals surface area (Å²) in [7, 11) is 0. The highest BCUT2D eigenvalue weighted by Crippen LogP contribution is 2.17. The molecule has 1 aromatic heterocycles. The number of nitrogens with zero attached hydrogens (tertiary/aromatic N) is 2. The number of aryl methyl sites for hydroxylation is 1. The van der Waals surface area contributed by atoms with Gasteiger partial charge >= 0.3 is 0 Å². The number of carbonyl (C=O) groups is 1. The molecule has 0 radical (unpaired) electrons. The second-order valence-corrected chi connectivity index (χ2v) is 5.42. The topological polar surface area (TPSA) is 59.2 Å². The molecule has 0 saturated carbocycles. The van der Waals surface area contributed by atoms with Crippen LogP contribution in [-0.2, 0) is 24.2 Å². The van der Waals surface area contributed by atoms with Crippen molar-refractivity contribution < 1.29 is 4.79 Å². The first kappa shape index (κ1) is 13.6. The first-order valence-corrected chi connectivity index (χ1v) is 7.27. The third kappa shape index (κ3) is 3.21. The molecular formula is C17H19N3O. The molecule has 4 nitrogen and oxygen atoms in total. The van der Waals surface area contributed by atoms with Gasteiger partial charge in [-0.2, -0.15) is 0 Å². The predicted octanol–water partition coefficient (Wildman–Crippen LogP) is 2.18. The molecule has 1 aliphatic rings. The van der Waals surface area contributed by atoms with Crippen molar-refractivity contribution >= 4 is 11.6 Å². The number of hydrogen-bond acceptors (Lipinski definition) is 3. The number of hydrogen-bond donors (Lipinski definition) is 1. The Morgan fingerprint density at radius 3 is 2.86 bits per heavy atom. The first-order valence-electron chi connectivity index (χ1n) is 7.27. The minimum absolute atomic E-state index is 0.210. The number of nitrogens with two attached hydrogens (primary N) is 1. The quantitative estimate of drug-likeness (QED) is 0.877. The van der Waals surface area contributed by atoms with E-state index < -0.39 is 0 Å². The van der Waals surface area contributed by atoms with Crippen LogP contribution in [0.3, 0.4) is 0 Å². The number of nitrogen functional groups attached to an aromatic ring is 1. The number of fused-ring (bicyclic) bond motifs is 1. The van der Waals surface area contributed by atoms with Gasteiger partial charge < -0.3 is 10.6 Å². The van der Waals surface area contributed by atoms with Crippen LogP contribution < -0.4 is 5.73 Å². The van der Waals surface area contributed by atoms with Crippen molar-refractivity contribution in [2.24, 2.45) is 0 Å². The van der Waals surface area contributed by atoms with Gasteiger partial charge in [-0.05, 0) is 35.7 Å². The molecule has 0 saturated heterocycles. The van der Waals surface area contributed by atoms with Crippen LogP contribution in [0, 0.1) is 0 Å². The molecule has 2 N–H and O–H groups in total. The number of amides is 1. The number of carbonyl (C=O) groups excluding carboxylic acids is 1. The largest absolute Gasteiger partial charge is 0.399 e. The van der Waals surface area contributed by atoms with Crippen LogP contribution in [0.5, 0.6) is 0 Å². The van der Waals surface area contributed by atoms with Crippen LogP contribution in [0.4, 0.5) is 5.69 Å². The Hall–Kier alpha value is -2.36. The van der Waals surface area contributed by atoms with Gasteiger partial charge in [-0.25, -0.2) is 0 Å². The van der Waals surface area contributed by atoms with Gasteiger partial charge in [0.2, 0.25) is 5.91 Å². The minimum atomic E-state index is 0.210. The molecule has 0 fully saturated rings. The van der Waals surface area contributed by atoms with Crippen molar-refractivity contribution in [2.75, 3.05) is 12.3 Å². The van der Waals surface area contributed by atoms with Crippen LogP contribution in [0.1, 0.15) is 23.2 Å². The Labute approximate surface area is 124 Å². The fourth-order valence-electron chi connectivity index (χ4n) is 2.67. The molecular weight excluding hydrogens is 262 g/mol. The van der Waals surface area contributed by atoms with E-state index in [1.54, 1.807) is 0 Å². The summed E-state index contributed by atoms with van der Waals surface area (Å²) in [5.41, 5.74) is 9.86. The molecule has 2 aromatic rings. The van der Waals surface area contributed by atoms with Crippen molar-refractivity contribution in [3.8, 4) is 0 Å². The Balaban J connectivity index is 1.58. The minimum Gasteiger partial charge on any atom is -0.399 e. The zero-order chi connectivity index (χ0) is 14.7. The van der Waals surface area contributed by atoms with Crippen molar-refractivity contribution in [3.63, 3.8) is 0 Å². The maximum absolute atomic E-state index is 12.3. The molecule has 0 bridgehead atoms. The lowest BCUT2D eigenvalue weighted by Crippen LogP contribution is -2.36. The second-order valence-electron chi connectivity index (χ2n) is 5.42. The third-order valence-corrected chi connectivity index (χ3v) is 3.92. The van der Waals surface area contributed by atoms with E-state index in [2.05, 4.69) is 11.1 Å². The maximum atomic E-state index is 12.3. The van der Waals surface area contributed by atoms with E-state index in [0.29, 0.717) is 13.0 Å². The molecule has 0 spiro atoms. The van der Waals surface area contributed by atoms with Gasteiger partial charge in [-0.15, -0.1) is 0 Å². The van der Waals surface area contributed by atoms with E-state index in [-0.39, 0.29) is 5.91 Å². The van der Waals surface area contributed by atoms with Gasteiger partial charge in [-0.1, -0.05) is 18.2 Å². The summed E-state index contributed by atoms with van der Waals surface area (Å²) in [6.45, 7) is 1.45. The van der Waals surface area contributed by atoms with E-state index in [9.17, 15) is 4.79 Å². The van der Waals surface area contributed by atoms with Gasteiger partial charge in [0.15, 0.2) is 0 Å². The van der Waals surface area contributed by atoms with Crippen molar-refractivity contribution in [1.29, 1.82) is 0 Å². The SMILES string of the molecule is Nc1ccc(CCC(=O)N2CCc3ncccc3C2)cc1. The number of aromatic nitrogens is 1. The summed E-state index contributed by atoms with van der Waals surface area (Å²) in [5.74, 6) is 0.210. The first-order chi connectivity index (χ1) is 10.2. The maximum Gasteiger partial charge on any atom is 0.223 e. The van der Waals surface area contributed by atoms with Crippen molar-refractivity contribution in [2.45, 2.75) is 25.8 Å². The Morgan fingerprint density at radius 1 is 1.24 bits per heavy atom. The molecule has 21 heavy (non-hydrogen) atoms. The molecule has 108 valence electrons. The van der Waals surface area contributed by atoms with E-state index in [1.807, 2.05) is 41.4 Å². The Kier molecular flexibility index (Phi) is 3.86. The number of pyridine rings is 1. The van der Waals surface area contributed by atoms with E-state index >= 15 is 0 Å². The molecule has 1 amide bonds. The van der Waals surface area contributed by atoms with Gasteiger partial charge in [0.1, 0.15) is 0 Å². The van der Waals surface area contributed by atoms with Crippen LogP contribution in [0.2, 0.25) is 0 Å². The summed E-state index contributed by atoms with van der Waals surface area (Å²) >= 11 is 0. The van der Waals surface area contributed by atoms with Gasteiger partial charge in [0, 0.05) is 43.5 Å². The fourth-order valence-corrected chi connectivity index (χ4v) is 2.67. The van der Waals surface area contributed by atoms with Crippen LogP contribution in [0.25, 0.3) is 0 Å². The number of anilines is 1. The smallest absolute Gasteiger partial charge is 0.223 e. The van der Waals surface area contributed by atoms with Crippen molar-refractivity contribution in [1.82, 2.24) is 9.88 Å². The zero-order valence-electron chi connectivity index (χ0n) is 12.0. The molecule has 1 aliphatic heterocycles. The lowest BCUT2D eigenvalue weighted by Gasteiger charge is -2.28. The zero-order valence-corrected chi connectivity index (χ0v) is 12.0. The fraction of sp³-hybridized carbons (Fsp3) is 0.294. The van der Waals surface area contributed by atoms with Crippen LogP contribution in [0.15, 0.2) is 42.6 Å². The molecule has 4 heteroatoms. The molecule has 1 aromatic carbocycles. The lowest BCUT2D eigenvalue weighted by molar-refractivity contribution is -0.132. The van der Waals surface area contributed by atoms with Gasteiger partial charge in [0.05, 0.1) is 0 Å². The standard InChI is InChI=1S/C17H19N3O/c18-15-6-3-13(4-7-15)5-8-17(21)20-11-9-16-14(12-20)2-1-10-19-16/h1-4,6-7,10H,5,8-9,11-12,18H2. The molecule has 0 aliphatic carbocycles. The summed E-state index contributed by atoms with van der Waals surface area (Å²) in [5, 5.41) is 0. The summed E-state index contributed by atoms with van der Waals surface area (Å²) in [4.78, 5) is 18.6. The van der Waals surface area contributed by atoms with Crippen molar-refractivity contribution in [3.05, 3.63) is 59.4 Å². The van der Waals surface area contributed by atoms with Crippen LogP contribution in [-0.4, -0.2) is 22.3 Å². The predicted molar refractivity (Wildman–Crippen MR) is 82.5 cm³/mol. The molecule has 0 unspecified atom stereocenters.